The zero-order valence-electron chi connectivity index (χ0n) is 18.5. The Kier molecular flexibility index (Phi) is 6.94. The molecule has 2 N–H and O–H groups in total. The van der Waals surface area contributed by atoms with Crippen molar-refractivity contribution in [3.63, 3.8) is 0 Å². The summed E-state index contributed by atoms with van der Waals surface area (Å²) in [7, 11) is 0. The van der Waals surface area contributed by atoms with Crippen LogP contribution in [0.15, 0.2) is 48.5 Å². The third-order valence-electron chi connectivity index (χ3n) is 5.13. The van der Waals surface area contributed by atoms with E-state index in [1.807, 2.05) is 0 Å². The molecule has 2 aromatic carbocycles. The normalized spacial score (nSPS) is 11.8. The van der Waals surface area contributed by atoms with E-state index < -0.39 is 35.1 Å². The minimum atomic E-state index is -2.94. The number of nitrogens with zero attached hydrogens (tertiary/aromatic N) is 2. The fraction of sp³-hybridized carbons (Fsp3) is 0.217. The number of hydrogen-bond acceptors (Lipinski definition) is 7. The van der Waals surface area contributed by atoms with Crippen LogP contribution in [0.3, 0.4) is 0 Å². The maximum absolute atomic E-state index is 13.0. The molecule has 34 heavy (non-hydrogen) atoms. The number of benzene rings is 2. The number of rotatable bonds is 8. The number of carbonyl (C=O) groups is 2. The van der Waals surface area contributed by atoms with Crippen LogP contribution in [0.25, 0.3) is 5.69 Å². The third kappa shape index (κ3) is 5.03. The summed E-state index contributed by atoms with van der Waals surface area (Å²) >= 11 is 0. The Labute approximate surface area is 192 Å². The highest BCUT2D eigenvalue weighted by Gasteiger charge is 2.26. The van der Waals surface area contributed by atoms with E-state index in [-0.39, 0.29) is 17.0 Å². The predicted octanol–water partition coefficient (Wildman–Crippen LogP) is 4.61. The van der Waals surface area contributed by atoms with Gasteiger partial charge in [0, 0.05) is 28.7 Å². The number of nitrogens with two attached hydrogens (primary N) is 1. The number of aryl methyl sites for hydroxylation is 1. The number of carbonyl (C=O) groups excluding carboxylic acids is 2. The van der Waals surface area contributed by atoms with E-state index in [9.17, 15) is 28.5 Å². The molecule has 1 atom stereocenters. The lowest BCUT2D eigenvalue weighted by Gasteiger charge is -2.14. The van der Waals surface area contributed by atoms with Crippen LogP contribution in [0.4, 0.5) is 20.2 Å². The van der Waals surface area contributed by atoms with Crippen LogP contribution in [0, 0.1) is 24.0 Å². The highest BCUT2D eigenvalue weighted by molar-refractivity contribution is 6.02. The number of anilines is 1. The number of halogens is 2. The summed E-state index contributed by atoms with van der Waals surface area (Å²) in [5.74, 6) is -1.39. The zero-order valence-corrected chi connectivity index (χ0v) is 18.5. The molecule has 0 unspecified atom stereocenters. The van der Waals surface area contributed by atoms with Crippen molar-refractivity contribution >= 4 is 23.1 Å². The molecule has 0 spiro atoms. The lowest BCUT2D eigenvalue weighted by molar-refractivity contribution is -0.383. The molecular weight excluding hydrogens is 452 g/mol. The number of nitrogen functional groups attached to an aromatic ring is 1. The Balaban J connectivity index is 1.80. The molecule has 0 bridgehead atoms. The molecule has 0 saturated carbocycles. The summed E-state index contributed by atoms with van der Waals surface area (Å²) in [4.78, 5) is 35.8. The largest absolute Gasteiger partial charge is 0.451 e. The molecule has 0 fully saturated rings. The van der Waals surface area contributed by atoms with Crippen LogP contribution in [-0.4, -0.2) is 34.0 Å². The standard InChI is InChI=1S/C23H21F2N3O6/c1-12-10-18(13(2)27(12)16-5-7-17(8-6-16)34-23(24)25)21(29)14(3)33-22(30)15-4-9-19(26)20(11-15)28(31)32/h4-11,14,23H,26H2,1-3H3/t14-/m1/s1. The molecule has 0 radical (unpaired) electrons. The Morgan fingerprint density at radius 3 is 2.32 bits per heavy atom. The van der Waals surface area contributed by atoms with Crippen molar-refractivity contribution in [3.8, 4) is 11.4 Å². The first-order chi connectivity index (χ1) is 16.0. The topological polar surface area (TPSA) is 127 Å². The molecular formula is C23H21F2N3O6. The van der Waals surface area contributed by atoms with Gasteiger partial charge in [-0.3, -0.25) is 14.9 Å². The fourth-order valence-electron chi connectivity index (χ4n) is 3.52. The summed E-state index contributed by atoms with van der Waals surface area (Å²) in [6.07, 6.45) is -1.18. The first-order valence-corrected chi connectivity index (χ1v) is 10.0. The molecule has 1 aromatic heterocycles. The van der Waals surface area contributed by atoms with Crippen molar-refractivity contribution in [2.45, 2.75) is 33.5 Å². The van der Waals surface area contributed by atoms with E-state index in [2.05, 4.69) is 4.74 Å². The highest BCUT2D eigenvalue weighted by atomic mass is 19.3. The van der Waals surface area contributed by atoms with Gasteiger partial charge < -0.3 is 19.8 Å². The first-order valence-electron chi connectivity index (χ1n) is 10.0. The van der Waals surface area contributed by atoms with E-state index in [1.165, 1.54) is 31.2 Å². The second kappa shape index (κ2) is 9.69. The quantitative estimate of drug-likeness (QED) is 0.166. The highest BCUT2D eigenvalue weighted by Crippen LogP contribution is 2.26. The molecule has 0 aliphatic rings. The van der Waals surface area contributed by atoms with Gasteiger partial charge in [0.15, 0.2) is 6.10 Å². The summed E-state index contributed by atoms with van der Waals surface area (Å²) in [5.41, 5.74) is 7.04. The van der Waals surface area contributed by atoms with Gasteiger partial charge in [-0.1, -0.05) is 0 Å². The SMILES string of the molecule is Cc1cc(C(=O)[C@@H](C)OC(=O)c2ccc(N)c([N+](=O)[O-])c2)c(C)n1-c1ccc(OC(F)F)cc1. The van der Waals surface area contributed by atoms with E-state index >= 15 is 0 Å². The van der Waals surface area contributed by atoms with Crippen LogP contribution >= 0.6 is 0 Å². The summed E-state index contributed by atoms with van der Waals surface area (Å²) in [6.45, 7) is 1.92. The second-order valence-electron chi connectivity index (χ2n) is 7.44. The van der Waals surface area contributed by atoms with E-state index in [0.717, 1.165) is 6.07 Å². The number of Topliss-reactive ketones (excluding diaryl/α,β-unsaturated/α-hetero) is 1. The lowest BCUT2D eigenvalue weighted by atomic mass is 10.1. The lowest BCUT2D eigenvalue weighted by Crippen LogP contribution is -2.25. The smallest absolute Gasteiger partial charge is 0.387 e. The molecule has 11 heteroatoms. The number of nitro groups is 1. The van der Waals surface area contributed by atoms with Crippen LogP contribution in [0.1, 0.15) is 39.0 Å². The molecule has 3 rings (SSSR count). The monoisotopic (exact) mass is 473 g/mol. The van der Waals surface area contributed by atoms with E-state index in [0.29, 0.717) is 22.6 Å². The number of hydrogen-bond donors (Lipinski definition) is 1. The summed E-state index contributed by atoms with van der Waals surface area (Å²) in [5, 5.41) is 11.0. The first kappa shape index (κ1) is 24.4. The third-order valence-corrected chi connectivity index (χ3v) is 5.13. The van der Waals surface area contributed by atoms with Crippen LogP contribution in [0.2, 0.25) is 0 Å². The number of ether oxygens (including phenoxy) is 2. The fourth-order valence-corrected chi connectivity index (χ4v) is 3.52. The van der Waals surface area contributed by atoms with E-state index in [1.54, 1.807) is 36.6 Å². The Hall–Kier alpha value is -4.28. The van der Waals surface area contributed by atoms with Crippen molar-refractivity contribution in [2.24, 2.45) is 0 Å². The molecule has 0 amide bonds. The van der Waals surface area contributed by atoms with Gasteiger partial charge in [-0.25, -0.2) is 4.79 Å². The van der Waals surface area contributed by atoms with Crippen LogP contribution < -0.4 is 10.5 Å². The van der Waals surface area contributed by atoms with Gasteiger partial charge in [-0.05, 0) is 63.2 Å². The predicted molar refractivity (Wildman–Crippen MR) is 119 cm³/mol. The summed E-state index contributed by atoms with van der Waals surface area (Å²) < 4.78 is 36.1. The molecule has 0 aliphatic carbocycles. The minimum absolute atomic E-state index is 0.000881. The number of esters is 1. The van der Waals surface area contributed by atoms with Crippen LogP contribution in [0.5, 0.6) is 5.75 Å². The Morgan fingerprint density at radius 2 is 1.74 bits per heavy atom. The molecule has 178 valence electrons. The average Bonchev–Trinajstić information content (AvgIpc) is 3.07. The van der Waals surface area contributed by atoms with Gasteiger partial charge in [0.2, 0.25) is 5.78 Å². The van der Waals surface area contributed by atoms with Crippen molar-refractivity contribution in [2.75, 3.05) is 5.73 Å². The molecule has 9 nitrogen and oxygen atoms in total. The maximum Gasteiger partial charge on any atom is 0.387 e. The van der Waals surface area contributed by atoms with Gasteiger partial charge in [-0.2, -0.15) is 8.78 Å². The number of ketones is 1. The Bertz CT molecular complexity index is 1250. The van der Waals surface area contributed by atoms with Crippen molar-refractivity contribution in [1.82, 2.24) is 4.57 Å². The minimum Gasteiger partial charge on any atom is -0.451 e. The van der Waals surface area contributed by atoms with Gasteiger partial charge in [0.25, 0.3) is 5.69 Å². The van der Waals surface area contributed by atoms with Crippen molar-refractivity contribution in [3.05, 3.63) is 81.2 Å². The van der Waals surface area contributed by atoms with Crippen molar-refractivity contribution < 1.29 is 32.8 Å². The van der Waals surface area contributed by atoms with Crippen LogP contribution in [-0.2, 0) is 4.74 Å². The Morgan fingerprint density at radius 1 is 1.09 bits per heavy atom. The summed E-state index contributed by atoms with van der Waals surface area (Å²) in [6, 6.07) is 11.0. The zero-order chi connectivity index (χ0) is 25.2. The molecule has 1 heterocycles. The molecule has 0 saturated heterocycles. The number of aromatic nitrogens is 1. The van der Waals surface area contributed by atoms with Gasteiger partial charge in [-0.15, -0.1) is 0 Å². The molecule has 3 aromatic rings. The van der Waals surface area contributed by atoms with Gasteiger partial charge >= 0.3 is 12.6 Å². The van der Waals surface area contributed by atoms with E-state index in [4.69, 9.17) is 10.5 Å². The second-order valence-corrected chi connectivity index (χ2v) is 7.44. The maximum atomic E-state index is 13.0. The number of nitro benzene ring substituents is 1. The van der Waals surface area contributed by atoms with Gasteiger partial charge in [0.05, 0.1) is 10.5 Å². The van der Waals surface area contributed by atoms with Gasteiger partial charge in [0.1, 0.15) is 11.4 Å². The average molecular weight is 473 g/mol. The number of alkyl halides is 2. The molecule has 0 aliphatic heterocycles. The van der Waals surface area contributed by atoms with Crippen molar-refractivity contribution in [1.29, 1.82) is 0 Å².